The Hall–Kier alpha value is -2.45. The van der Waals surface area contributed by atoms with E-state index in [4.69, 9.17) is 19.2 Å². The molecule has 0 spiro atoms. The summed E-state index contributed by atoms with van der Waals surface area (Å²) < 4.78 is 16.6. The number of hydrogen-bond donors (Lipinski definition) is 0. The largest absolute Gasteiger partial charge is 0.482 e. The van der Waals surface area contributed by atoms with Gasteiger partial charge in [-0.1, -0.05) is 13.3 Å². The van der Waals surface area contributed by atoms with Crippen LogP contribution in [0.4, 0.5) is 5.69 Å². The van der Waals surface area contributed by atoms with Crippen LogP contribution in [0.2, 0.25) is 0 Å². The molecular formula is C24H30N2O5S. The summed E-state index contributed by atoms with van der Waals surface area (Å²) in [5.41, 5.74) is 2.31. The van der Waals surface area contributed by atoms with E-state index in [-0.39, 0.29) is 24.6 Å². The second-order valence-electron chi connectivity index (χ2n) is 8.23. The molecule has 1 aliphatic heterocycles. The Labute approximate surface area is 192 Å². The van der Waals surface area contributed by atoms with Gasteiger partial charge < -0.3 is 14.2 Å². The molecule has 7 nitrogen and oxygen atoms in total. The lowest BCUT2D eigenvalue weighted by atomic mass is 9.97. The van der Waals surface area contributed by atoms with Crippen LogP contribution in [0.15, 0.2) is 23.6 Å². The maximum atomic E-state index is 13.1. The number of methoxy groups -OCH3 is 1. The number of aromatic nitrogens is 1. The molecule has 2 aromatic rings. The van der Waals surface area contributed by atoms with Crippen molar-refractivity contribution in [1.29, 1.82) is 0 Å². The van der Waals surface area contributed by atoms with E-state index < -0.39 is 6.04 Å². The molecule has 4 rings (SSSR count). The summed E-state index contributed by atoms with van der Waals surface area (Å²) in [4.78, 5) is 32.2. The number of benzene rings is 1. The van der Waals surface area contributed by atoms with Gasteiger partial charge in [-0.3, -0.25) is 9.69 Å². The molecule has 2 aliphatic rings. The average Bonchev–Trinajstić information content (AvgIpc) is 3.29. The summed E-state index contributed by atoms with van der Waals surface area (Å²) in [6, 6.07) is 4.99. The Balaban J connectivity index is 1.59. The molecule has 172 valence electrons. The minimum absolute atomic E-state index is 0.0484. The number of ether oxygens (including phenoxy) is 3. The SMILES string of the molecule is CCC(C(=O)OC1CCCCC1)N1C(=O)COc2ccc(-c3csc(CCOC)n3)cc21. The van der Waals surface area contributed by atoms with Gasteiger partial charge in [0.2, 0.25) is 0 Å². The highest BCUT2D eigenvalue weighted by Crippen LogP contribution is 2.38. The van der Waals surface area contributed by atoms with Crippen LogP contribution in [0.5, 0.6) is 5.75 Å². The van der Waals surface area contributed by atoms with Crippen molar-refractivity contribution < 1.29 is 23.8 Å². The van der Waals surface area contributed by atoms with E-state index in [2.05, 4.69) is 0 Å². The molecule has 1 unspecified atom stereocenters. The third-order valence-corrected chi connectivity index (χ3v) is 6.92. The lowest BCUT2D eigenvalue weighted by Crippen LogP contribution is -2.50. The molecular weight excluding hydrogens is 428 g/mol. The number of carbonyl (C=O) groups is 2. The third kappa shape index (κ3) is 4.96. The number of rotatable bonds is 8. The monoisotopic (exact) mass is 458 g/mol. The maximum Gasteiger partial charge on any atom is 0.329 e. The van der Waals surface area contributed by atoms with Crippen LogP contribution < -0.4 is 9.64 Å². The van der Waals surface area contributed by atoms with Gasteiger partial charge in [0.1, 0.15) is 17.9 Å². The fourth-order valence-corrected chi connectivity index (χ4v) is 5.09. The van der Waals surface area contributed by atoms with Crippen molar-refractivity contribution in [1.82, 2.24) is 4.98 Å². The second kappa shape index (κ2) is 10.4. The van der Waals surface area contributed by atoms with E-state index in [1.807, 2.05) is 30.5 Å². The number of esters is 1. The number of hydrogen-bond acceptors (Lipinski definition) is 7. The summed E-state index contributed by atoms with van der Waals surface area (Å²) in [5.74, 6) is 0.0229. The van der Waals surface area contributed by atoms with Crippen molar-refractivity contribution in [2.24, 2.45) is 0 Å². The average molecular weight is 459 g/mol. The summed E-state index contributed by atoms with van der Waals surface area (Å²) in [5, 5.41) is 2.99. The molecule has 1 aromatic carbocycles. The van der Waals surface area contributed by atoms with Gasteiger partial charge in [0.15, 0.2) is 6.61 Å². The standard InChI is InChI=1S/C24H30N2O5S/c1-3-19(24(28)31-17-7-5-4-6-8-17)26-20-13-16(9-10-21(20)30-14-23(26)27)18-15-32-22(25-18)11-12-29-2/h9-10,13,15,17,19H,3-8,11-12,14H2,1-2H3. The topological polar surface area (TPSA) is 78.0 Å². The lowest BCUT2D eigenvalue weighted by molar-refractivity contribution is -0.153. The van der Waals surface area contributed by atoms with Crippen LogP contribution in [-0.2, 0) is 25.5 Å². The van der Waals surface area contributed by atoms with Crippen LogP contribution >= 0.6 is 11.3 Å². The zero-order chi connectivity index (χ0) is 22.5. The van der Waals surface area contributed by atoms with Crippen molar-refractivity contribution in [3.05, 3.63) is 28.6 Å². The third-order valence-electron chi connectivity index (χ3n) is 6.01. The van der Waals surface area contributed by atoms with E-state index in [1.165, 1.54) is 6.42 Å². The summed E-state index contributed by atoms with van der Waals surface area (Å²) in [6.45, 7) is 2.44. The Kier molecular flexibility index (Phi) is 7.42. The summed E-state index contributed by atoms with van der Waals surface area (Å²) >= 11 is 1.58. The predicted molar refractivity (Wildman–Crippen MR) is 123 cm³/mol. The van der Waals surface area contributed by atoms with Gasteiger partial charge >= 0.3 is 5.97 Å². The van der Waals surface area contributed by atoms with Crippen molar-refractivity contribution >= 4 is 28.9 Å². The van der Waals surface area contributed by atoms with Crippen molar-refractivity contribution in [3.8, 4) is 17.0 Å². The number of anilines is 1. The molecule has 1 aromatic heterocycles. The molecule has 1 atom stereocenters. The van der Waals surface area contributed by atoms with Gasteiger partial charge in [-0.2, -0.15) is 0 Å². The molecule has 0 radical (unpaired) electrons. The zero-order valence-electron chi connectivity index (χ0n) is 18.7. The van der Waals surface area contributed by atoms with Crippen molar-refractivity contribution in [2.75, 3.05) is 25.2 Å². The summed E-state index contributed by atoms with van der Waals surface area (Å²) in [6.07, 6.45) is 6.32. The second-order valence-corrected chi connectivity index (χ2v) is 9.17. The molecule has 1 fully saturated rings. The van der Waals surface area contributed by atoms with Gasteiger partial charge in [0, 0.05) is 24.5 Å². The number of carbonyl (C=O) groups excluding carboxylic acids is 2. The van der Waals surface area contributed by atoms with Crippen LogP contribution in [0, 0.1) is 0 Å². The Morgan fingerprint density at radius 2 is 2.12 bits per heavy atom. The van der Waals surface area contributed by atoms with Crippen LogP contribution in [-0.4, -0.2) is 49.3 Å². The molecule has 0 N–H and O–H groups in total. The van der Waals surface area contributed by atoms with Crippen LogP contribution in [0.3, 0.4) is 0 Å². The lowest BCUT2D eigenvalue weighted by Gasteiger charge is -2.35. The van der Waals surface area contributed by atoms with Gasteiger partial charge in [-0.25, -0.2) is 9.78 Å². The van der Waals surface area contributed by atoms with Gasteiger partial charge in [-0.15, -0.1) is 11.3 Å². The first kappa shape index (κ1) is 22.7. The summed E-state index contributed by atoms with van der Waals surface area (Å²) in [7, 11) is 1.67. The minimum atomic E-state index is -0.671. The van der Waals surface area contributed by atoms with Crippen molar-refractivity contribution in [3.63, 3.8) is 0 Å². The zero-order valence-corrected chi connectivity index (χ0v) is 19.5. The smallest absolute Gasteiger partial charge is 0.329 e. The van der Waals surface area contributed by atoms with E-state index in [1.54, 1.807) is 23.3 Å². The maximum absolute atomic E-state index is 13.1. The Morgan fingerprint density at radius 3 is 2.88 bits per heavy atom. The van der Waals surface area contributed by atoms with Gasteiger partial charge in [0.05, 0.1) is 23.0 Å². The number of amides is 1. The fourth-order valence-electron chi connectivity index (χ4n) is 4.30. The number of thiazole rings is 1. The van der Waals surface area contributed by atoms with Gasteiger partial charge in [0.25, 0.3) is 5.91 Å². The fraction of sp³-hybridized carbons (Fsp3) is 0.542. The number of nitrogens with zero attached hydrogens (tertiary/aromatic N) is 2. The van der Waals surface area contributed by atoms with Crippen LogP contribution in [0.1, 0.15) is 50.5 Å². The van der Waals surface area contributed by atoms with E-state index >= 15 is 0 Å². The van der Waals surface area contributed by atoms with E-state index in [0.29, 0.717) is 24.5 Å². The molecule has 1 aliphatic carbocycles. The Bertz CT molecular complexity index is 954. The molecule has 0 bridgehead atoms. The first-order valence-electron chi connectivity index (χ1n) is 11.3. The predicted octanol–water partition coefficient (Wildman–Crippen LogP) is 4.38. The molecule has 1 amide bonds. The quantitative estimate of drug-likeness (QED) is 0.547. The number of fused-ring (bicyclic) bond motifs is 1. The first-order valence-corrected chi connectivity index (χ1v) is 12.2. The van der Waals surface area contributed by atoms with Gasteiger partial charge in [-0.05, 0) is 50.3 Å². The molecule has 2 heterocycles. The first-order chi connectivity index (χ1) is 15.6. The highest BCUT2D eigenvalue weighted by atomic mass is 32.1. The van der Waals surface area contributed by atoms with E-state index in [0.717, 1.165) is 48.4 Å². The highest BCUT2D eigenvalue weighted by Gasteiger charge is 2.37. The molecule has 1 saturated carbocycles. The Morgan fingerprint density at radius 1 is 1.31 bits per heavy atom. The van der Waals surface area contributed by atoms with Crippen LogP contribution in [0.25, 0.3) is 11.3 Å². The normalized spacial score (nSPS) is 17.6. The highest BCUT2D eigenvalue weighted by molar-refractivity contribution is 7.09. The molecule has 8 heteroatoms. The molecule has 0 saturated heterocycles. The van der Waals surface area contributed by atoms with E-state index in [9.17, 15) is 9.59 Å². The van der Waals surface area contributed by atoms with Crippen molar-refractivity contribution in [2.45, 2.75) is 64.0 Å². The minimum Gasteiger partial charge on any atom is -0.482 e. The molecule has 32 heavy (non-hydrogen) atoms.